The van der Waals surface area contributed by atoms with Gasteiger partial charge in [-0.1, -0.05) is 36.7 Å². The van der Waals surface area contributed by atoms with E-state index >= 15 is 0 Å². The van der Waals surface area contributed by atoms with Gasteiger partial charge in [0.15, 0.2) is 11.5 Å². The normalized spacial score (nSPS) is 17.6. The Kier molecular flexibility index (Phi) is 6.84. The minimum Gasteiger partial charge on any atom is -0.493 e. The lowest BCUT2D eigenvalue weighted by Crippen LogP contribution is -2.33. The molecule has 1 aliphatic heterocycles. The highest BCUT2D eigenvalue weighted by Crippen LogP contribution is 2.32. The van der Waals surface area contributed by atoms with Crippen molar-refractivity contribution >= 4 is 17.5 Å². The Hall–Kier alpha value is -2.20. The average Bonchev–Trinajstić information content (AvgIpc) is 3.03. The van der Waals surface area contributed by atoms with Gasteiger partial charge in [0.05, 0.1) is 13.2 Å². The molecule has 0 N–H and O–H groups in total. The molecule has 4 nitrogen and oxygen atoms in total. The van der Waals surface area contributed by atoms with Gasteiger partial charge < -0.3 is 14.4 Å². The fourth-order valence-electron chi connectivity index (χ4n) is 3.52. The third-order valence-electron chi connectivity index (χ3n) is 5.32. The second-order valence-corrected chi connectivity index (χ2v) is 7.80. The molecule has 2 aromatic carbocycles. The molecule has 3 rings (SSSR count). The summed E-state index contributed by atoms with van der Waals surface area (Å²) in [5.74, 6) is 1.72. The topological polar surface area (TPSA) is 38.8 Å². The van der Waals surface area contributed by atoms with E-state index in [4.69, 9.17) is 21.1 Å². The number of carbonyl (C=O) groups excluding carboxylic acids is 1. The lowest BCUT2D eigenvalue weighted by molar-refractivity contribution is -0.129. The lowest BCUT2D eigenvalue weighted by Gasteiger charge is -2.25. The van der Waals surface area contributed by atoms with Crippen molar-refractivity contribution in [1.29, 1.82) is 0 Å². The second kappa shape index (κ2) is 9.33. The van der Waals surface area contributed by atoms with E-state index in [1.54, 1.807) is 7.11 Å². The highest BCUT2D eigenvalue weighted by Gasteiger charge is 2.31. The molecule has 2 aromatic rings. The average molecular weight is 402 g/mol. The van der Waals surface area contributed by atoms with Crippen LogP contribution in [0.2, 0.25) is 5.02 Å². The molecule has 0 aromatic heterocycles. The maximum Gasteiger partial charge on any atom is 0.223 e. The fraction of sp³-hybridized carbons (Fsp3) is 0.435. The Morgan fingerprint density at radius 3 is 2.54 bits per heavy atom. The summed E-state index contributed by atoms with van der Waals surface area (Å²) in [6.45, 7) is 4.77. The van der Waals surface area contributed by atoms with Crippen molar-refractivity contribution in [3.63, 3.8) is 0 Å². The first-order valence-corrected chi connectivity index (χ1v) is 10.3. The molecule has 0 aliphatic carbocycles. The zero-order chi connectivity index (χ0) is 20.1. The van der Waals surface area contributed by atoms with Crippen LogP contribution >= 0.6 is 11.6 Å². The van der Waals surface area contributed by atoms with Crippen LogP contribution in [0.25, 0.3) is 0 Å². The van der Waals surface area contributed by atoms with E-state index in [-0.39, 0.29) is 18.1 Å². The van der Waals surface area contributed by atoms with Crippen molar-refractivity contribution in [3.05, 3.63) is 58.6 Å². The van der Waals surface area contributed by atoms with E-state index in [0.717, 1.165) is 41.9 Å². The summed E-state index contributed by atoms with van der Waals surface area (Å²) in [7, 11) is 1.65. The minimum atomic E-state index is 0.124. The number of hydrogen-bond donors (Lipinski definition) is 0. The number of rotatable bonds is 8. The molecule has 150 valence electrons. The zero-order valence-corrected chi connectivity index (χ0v) is 17.5. The summed E-state index contributed by atoms with van der Waals surface area (Å²) in [6.07, 6.45) is 3.34. The van der Waals surface area contributed by atoms with Crippen molar-refractivity contribution < 1.29 is 14.3 Å². The van der Waals surface area contributed by atoms with Crippen LogP contribution in [0.5, 0.6) is 11.5 Å². The molecule has 0 spiro atoms. The Balaban J connectivity index is 1.74. The SMILES string of the molecule is CCC(C)Oc1cc(CC2CCC(=O)N2Cc2ccc(Cl)cc2)ccc1OC. The molecule has 1 heterocycles. The van der Waals surface area contributed by atoms with E-state index in [0.29, 0.717) is 18.0 Å². The van der Waals surface area contributed by atoms with Crippen molar-refractivity contribution in [2.45, 2.75) is 58.2 Å². The molecule has 0 saturated carbocycles. The van der Waals surface area contributed by atoms with Crippen LogP contribution in [0.15, 0.2) is 42.5 Å². The van der Waals surface area contributed by atoms with Crippen LogP contribution in [-0.4, -0.2) is 30.1 Å². The number of methoxy groups -OCH3 is 1. The molecule has 2 atom stereocenters. The van der Waals surface area contributed by atoms with Crippen LogP contribution in [0, 0.1) is 0 Å². The number of carbonyl (C=O) groups is 1. The molecular weight excluding hydrogens is 374 g/mol. The molecule has 0 bridgehead atoms. The summed E-state index contributed by atoms with van der Waals surface area (Å²) >= 11 is 5.98. The van der Waals surface area contributed by atoms with E-state index in [1.165, 1.54) is 0 Å². The molecule has 1 saturated heterocycles. The van der Waals surface area contributed by atoms with Gasteiger partial charge in [-0.25, -0.2) is 0 Å². The summed E-state index contributed by atoms with van der Waals surface area (Å²) in [5.41, 5.74) is 2.25. The van der Waals surface area contributed by atoms with Gasteiger partial charge in [0.2, 0.25) is 5.91 Å². The summed E-state index contributed by atoms with van der Waals surface area (Å²) in [6, 6.07) is 14.0. The van der Waals surface area contributed by atoms with Gasteiger partial charge >= 0.3 is 0 Å². The molecule has 1 amide bonds. The van der Waals surface area contributed by atoms with E-state index in [2.05, 4.69) is 19.9 Å². The van der Waals surface area contributed by atoms with Gasteiger partial charge in [-0.2, -0.15) is 0 Å². The van der Waals surface area contributed by atoms with Crippen molar-refractivity contribution in [2.24, 2.45) is 0 Å². The standard InChI is InChI=1S/C23H28ClNO3/c1-4-16(2)28-22-14-18(7-11-21(22)27-3)13-20-10-12-23(26)25(20)15-17-5-8-19(24)9-6-17/h5-9,11,14,16,20H,4,10,12-13,15H2,1-3H3. The van der Waals surface area contributed by atoms with Gasteiger partial charge in [-0.05, 0) is 61.6 Å². The van der Waals surface area contributed by atoms with Crippen LogP contribution in [0.3, 0.4) is 0 Å². The molecule has 28 heavy (non-hydrogen) atoms. The van der Waals surface area contributed by atoms with Crippen LogP contribution in [0.4, 0.5) is 0 Å². The van der Waals surface area contributed by atoms with Crippen LogP contribution in [0.1, 0.15) is 44.2 Å². The quantitative estimate of drug-likeness (QED) is 0.605. The molecular formula is C23H28ClNO3. The van der Waals surface area contributed by atoms with Gasteiger partial charge in [-0.15, -0.1) is 0 Å². The van der Waals surface area contributed by atoms with E-state index < -0.39 is 0 Å². The maximum atomic E-state index is 12.5. The number of benzene rings is 2. The maximum absolute atomic E-state index is 12.5. The highest BCUT2D eigenvalue weighted by molar-refractivity contribution is 6.30. The first-order chi connectivity index (χ1) is 13.5. The van der Waals surface area contributed by atoms with Gasteiger partial charge in [-0.3, -0.25) is 4.79 Å². The van der Waals surface area contributed by atoms with Crippen molar-refractivity contribution in [3.8, 4) is 11.5 Å². The molecule has 1 fully saturated rings. The van der Waals surface area contributed by atoms with Gasteiger partial charge in [0.25, 0.3) is 0 Å². The first kappa shape index (κ1) is 20.5. The fourth-order valence-corrected chi connectivity index (χ4v) is 3.65. The summed E-state index contributed by atoms with van der Waals surface area (Å²) < 4.78 is 11.5. The number of likely N-dealkylation sites (tertiary alicyclic amines) is 1. The highest BCUT2D eigenvalue weighted by atomic mass is 35.5. The van der Waals surface area contributed by atoms with Crippen LogP contribution < -0.4 is 9.47 Å². The first-order valence-electron chi connectivity index (χ1n) is 9.87. The zero-order valence-electron chi connectivity index (χ0n) is 16.8. The summed E-state index contributed by atoms with van der Waals surface area (Å²) in [4.78, 5) is 14.4. The Morgan fingerprint density at radius 2 is 1.86 bits per heavy atom. The largest absolute Gasteiger partial charge is 0.493 e. The number of hydrogen-bond acceptors (Lipinski definition) is 3. The van der Waals surface area contributed by atoms with Crippen LogP contribution in [-0.2, 0) is 17.8 Å². The Labute approximate surface area is 172 Å². The predicted molar refractivity (Wildman–Crippen MR) is 112 cm³/mol. The summed E-state index contributed by atoms with van der Waals surface area (Å²) in [5, 5.41) is 0.708. The number of ether oxygens (including phenoxy) is 2. The Bertz CT molecular complexity index is 806. The van der Waals surface area contributed by atoms with E-state index in [1.807, 2.05) is 41.3 Å². The predicted octanol–water partition coefficient (Wildman–Crippen LogP) is 5.26. The Morgan fingerprint density at radius 1 is 1.14 bits per heavy atom. The van der Waals surface area contributed by atoms with Crippen molar-refractivity contribution in [1.82, 2.24) is 4.90 Å². The number of nitrogens with zero attached hydrogens (tertiary/aromatic N) is 1. The third kappa shape index (κ3) is 4.99. The number of halogens is 1. The molecule has 5 heteroatoms. The number of amides is 1. The molecule has 0 radical (unpaired) electrons. The smallest absolute Gasteiger partial charge is 0.223 e. The molecule has 2 unspecified atom stereocenters. The van der Waals surface area contributed by atoms with E-state index in [9.17, 15) is 4.79 Å². The lowest BCUT2D eigenvalue weighted by atomic mass is 10.0. The molecule has 1 aliphatic rings. The third-order valence-corrected chi connectivity index (χ3v) is 5.57. The van der Waals surface area contributed by atoms with Crippen molar-refractivity contribution in [2.75, 3.05) is 7.11 Å². The second-order valence-electron chi connectivity index (χ2n) is 7.37. The minimum absolute atomic E-state index is 0.124. The monoisotopic (exact) mass is 401 g/mol. The van der Waals surface area contributed by atoms with Gasteiger partial charge in [0, 0.05) is 24.0 Å². The van der Waals surface area contributed by atoms with Gasteiger partial charge in [0.1, 0.15) is 0 Å².